The quantitative estimate of drug-likeness (QED) is 0.754. The summed E-state index contributed by atoms with van der Waals surface area (Å²) in [5.74, 6) is 0. The van der Waals surface area contributed by atoms with E-state index in [2.05, 4.69) is 65.6 Å². The summed E-state index contributed by atoms with van der Waals surface area (Å²) in [7, 11) is 2.14. The summed E-state index contributed by atoms with van der Waals surface area (Å²) in [6.07, 6.45) is 5.93. The lowest BCUT2D eigenvalue weighted by Crippen LogP contribution is -2.20. The zero-order valence-electron chi connectivity index (χ0n) is 13.0. The Bertz CT molecular complexity index is 508. The number of hydrogen-bond donors (Lipinski definition) is 1. The molecule has 0 spiro atoms. The predicted octanol–water partition coefficient (Wildman–Crippen LogP) is 3.26. The minimum absolute atomic E-state index is 0.953. The molecule has 0 saturated carbocycles. The smallest absolute Gasteiger partial charge is 0.0363 e. The van der Waals surface area contributed by atoms with Crippen LogP contribution < -0.4 is 10.2 Å². The van der Waals surface area contributed by atoms with Gasteiger partial charge >= 0.3 is 0 Å². The molecule has 2 rings (SSSR count). The van der Waals surface area contributed by atoms with Gasteiger partial charge in [-0.2, -0.15) is 0 Å². The van der Waals surface area contributed by atoms with Gasteiger partial charge in [0.1, 0.15) is 0 Å². The van der Waals surface area contributed by atoms with Gasteiger partial charge in [-0.3, -0.25) is 4.98 Å². The lowest BCUT2D eigenvalue weighted by atomic mass is 10.1. The molecule has 1 heterocycles. The van der Waals surface area contributed by atoms with Gasteiger partial charge in [0.25, 0.3) is 0 Å². The van der Waals surface area contributed by atoms with Crippen molar-refractivity contribution in [1.29, 1.82) is 0 Å². The first-order valence-electron chi connectivity index (χ1n) is 7.69. The Labute approximate surface area is 128 Å². The molecule has 3 heteroatoms. The van der Waals surface area contributed by atoms with Crippen molar-refractivity contribution in [1.82, 2.24) is 10.3 Å². The molecule has 0 aliphatic rings. The third kappa shape index (κ3) is 5.20. The number of rotatable bonds is 8. The lowest BCUT2D eigenvalue weighted by Gasteiger charge is -2.19. The van der Waals surface area contributed by atoms with Gasteiger partial charge in [-0.1, -0.05) is 19.1 Å². The third-order valence-electron chi connectivity index (χ3n) is 3.62. The van der Waals surface area contributed by atoms with Crippen molar-refractivity contribution in [2.45, 2.75) is 26.3 Å². The number of nitrogens with zero attached hydrogens (tertiary/aromatic N) is 2. The Morgan fingerprint density at radius 2 is 1.71 bits per heavy atom. The van der Waals surface area contributed by atoms with E-state index in [0.29, 0.717) is 0 Å². The first-order chi connectivity index (χ1) is 10.3. The molecule has 2 aromatic rings. The van der Waals surface area contributed by atoms with E-state index in [1.54, 1.807) is 0 Å². The average Bonchev–Trinajstić information content (AvgIpc) is 2.54. The standard InChI is InChI=1S/C18H25N3/c1-3-11-20-15-17-4-6-18(7-5-17)21(2)14-10-16-8-12-19-13-9-16/h4-9,12-13,20H,3,10-11,14-15H2,1-2H3. The summed E-state index contributed by atoms with van der Waals surface area (Å²) in [5.41, 5.74) is 3.94. The average molecular weight is 283 g/mol. The van der Waals surface area contributed by atoms with Crippen molar-refractivity contribution in [2.24, 2.45) is 0 Å². The van der Waals surface area contributed by atoms with Gasteiger partial charge < -0.3 is 10.2 Å². The van der Waals surface area contributed by atoms with Crippen molar-refractivity contribution in [3.63, 3.8) is 0 Å². The van der Waals surface area contributed by atoms with Crippen molar-refractivity contribution >= 4 is 5.69 Å². The Hall–Kier alpha value is -1.87. The van der Waals surface area contributed by atoms with Crippen LogP contribution in [0.15, 0.2) is 48.8 Å². The molecule has 0 radical (unpaired) electrons. The molecule has 0 aliphatic carbocycles. The minimum Gasteiger partial charge on any atom is -0.374 e. The Balaban J connectivity index is 1.83. The maximum absolute atomic E-state index is 4.05. The molecule has 0 amide bonds. The fraction of sp³-hybridized carbons (Fsp3) is 0.389. The molecule has 0 fully saturated rings. The Morgan fingerprint density at radius 1 is 1.00 bits per heavy atom. The van der Waals surface area contributed by atoms with E-state index >= 15 is 0 Å². The first-order valence-corrected chi connectivity index (χ1v) is 7.69. The summed E-state index contributed by atoms with van der Waals surface area (Å²) >= 11 is 0. The van der Waals surface area contributed by atoms with Gasteiger partial charge in [-0.15, -0.1) is 0 Å². The topological polar surface area (TPSA) is 28.2 Å². The van der Waals surface area contributed by atoms with Gasteiger partial charge in [-0.25, -0.2) is 0 Å². The van der Waals surface area contributed by atoms with E-state index in [9.17, 15) is 0 Å². The minimum atomic E-state index is 0.953. The first kappa shape index (κ1) is 15.5. The van der Waals surface area contributed by atoms with Crippen LogP contribution >= 0.6 is 0 Å². The van der Waals surface area contributed by atoms with Crippen LogP contribution in [0.5, 0.6) is 0 Å². The lowest BCUT2D eigenvalue weighted by molar-refractivity contribution is 0.675. The highest BCUT2D eigenvalue weighted by molar-refractivity contribution is 5.47. The van der Waals surface area contributed by atoms with Crippen LogP contribution in [0.1, 0.15) is 24.5 Å². The van der Waals surface area contributed by atoms with E-state index in [1.165, 1.54) is 23.2 Å². The number of aromatic nitrogens is 1. The third-order valence-corrected chi connectivity index (χ3v) is 3.62. The molecule has 0 aliphatic heterocycles. The zero-order chi connectivity index (χ0) is 14.9. The predicted molar refractivity (Wildman–Crippen MR) is 89.7 cm³/mol. The maximum atomic E-state index is 4.05. The zero-order valence-corrected chi connectivity index (χ0v) is 13.0. The normalized spacial score (nSPS) is 10.6. The molecule has 1 N–H and O–H groups in total. The summed E-state index contributed by atoms with van der Waals surface area (Å²) in [6, 6.07) is 13.0. The van der Waals surface area contributed by atoms with E-state index in [4.69, 9.17) is 0 Å². The number of benzene rings is 1. The summed E-state index contributed by atoms with van der Waals surface area (Å²) < 4.78 is 0. The van der Waals surface area contributed by atoms with Crippen molar-refractivity contribution in [2.75, 3.05) is 25.0 Å². The second-order valence-corrected chi connectivity index (χ2v) is 5.37. The molecule has 0 bridgehead atoms. The van der Waals surface area contributed by atoms with Gasteiger partial charge in [0.05, 0.1) is 0 Å². The van der Waals surface area contributed by atoms with Gasteiger partial charge in [0, 0.05) is 38.2 Å². The van der Waals surface area contributed by atoms with Crippen LogP contribution in [0.4, 0.5) is 5.69 Å². The molecular weight excluding hydrogens is 258 g/mol. The summed E-state index contributed by atoms with van der Waals surface area (Å²) in [5, 5.41) is 3.43. The molecule has 0 saturated heterocycles. The van der Waals surface area contributed by atoms with Crippen LogP contribution in [-0.4, -0.2) is 25.1 Å². The number of pyridine rings is 1. The van der Waals surface area contributed by atoms with Gasteiger partial charge in [-0.05, 0) is 54.8 Å². The fourth-order valence-corrected chi connectivity index (χ4v) is 2.25. The number of nitrogens with one attached hydrogen (secondary N) is 1. The van der Waals surface area contributed by atoms with Crippen molar-refractivity contribution in [3.8, 4) is 0 Å². The van der Waals surface area contributed by atoms with Crippen LogP contribution in [0.2, 0.25) is 0 Å². The highest BCUT2D eigenvalue weighted by Gasteiger charge is 2.02. The summed E-state index contributed by atoms with van der Waals surface area (Å²) in [6.45, 7) is 5.23. The summed E-state index contributed by atoms with van der Waals surface area (Å²) in [4.78, 5) is 6.35. The molecular formula is C18H25N3. The number of anilines is 1. The largest absolute Gasteiger partial charge is 0.374 e. The van der Waals surface area contributed by atoms with Crippen molar-refractivity contribution in [3.05, 3.63) is 59.9 Å². The highest BCUT2D eigenvalue weighted by Crippen LogP contribution is 2.14. The van der Waals surface area contributed by atoms with Gasteiger partial charge in [0.2, 0.25) is 0 Å². The molecule has 21 heavy (non-hydrogen) atoms. The van der Waals surface area contributed by atoms with E-state index in [1.807, 2.05) is 12.4 Å². The molecule has 0 unspecified atom stereocenters. The fourth-order valence-electron chi connectivity index (χ4n) is 2.25. The second kappa shape index (κ2) is 8.42. The highest BCUT2D eigenvalue weighted by atomic mass is 15.1. The van der Waals surface area contributed by atoms with Crippen molar-refractivity contribution < 1.29 is 0 Å². The van der Waals surface area contributed by atoms with Crippen LogP contribution in [0.25, 0.3) is 0 Å². The second-order valence-electron chi connectivity index (χ2n) is 5.37. The van der Waals surface area contributed by atoms with E-state index in [0.717, 1.165) is 26.1 Å². The van der Waals surface area contributed by atoms with Gasteiger partial charge in [0.15, 0.2) is 0 Å². The number of likely N-dealkylation sites (N-methyl/N-ethyl adjacent to an activating group) is 1. The SMILES string of the molecule is CCCNCc1ccc(N(C)CCc2ccncc2)cc1. The van der Waals surface area contributed by atoms with Crippen LogP contribution in [-0.2, 0) is 13.0 Å². The maximum Gasteiger partial charge on any atom is 0.0363 e. The molecule has 1 aromatic heterocycles. The molecule has 112 valence electrons. The molecule has 0 atom stereocenters. The Morgan fingerprint density at radius 3 is 2.38 bits per heavy atom. The van der Waals surface area contributed by atoms with Crippen LogP contribution in [0.3, 0.4) is 0 Å². The monoisotopic (exact) mass is 283 g/mol. The van der Waals surface area contributed by atoms with E-state index in [-0.39, 0.29) is 0 Å². The van der Waals surface area contributed by atoms with Crippen LogP contribution in [0, 0.1) is 0 Å². The molecule has 3 nitrogen and oxygen atoms in total. The Kier molecular flexibility index (Phi) is 6.22. The number of hydrogen-bond acceptors (Lipinski definition) is 3. The van der Waals surface area contributed by atoms with E-state index < -0.39 is 0 Å². The molecule has 1 aromatic carbocycles.